The van der Waals surface area contributed by atoms with E-state index in [9.17, 15) is 8.42 Å². The molecule has 2 rings (SSSR count). The molecule has 5 nitrogen and oxygen atoms in total. The average Bonchev–Trinajstić information content (AvgIpc) is 2.27. The Kier molecular flexibility index (Phi) is 4.15. The van der Waals surface area contributed by atoms with Crippen LogP contribution in [0, 0.1) is 0 Å². The van der Waals surface area contributed by atoms with Gasteiger partial charge in [-0.15, -0.1) is 0 Å². The van der Waals surface area contributed by atoms with E-state index in [1.54, 1.807) is 6.07 Å². The summed E-state index contributed by atoms with van der Waals surface area (Å²) in [7, 11) is -3.64. The van der Waals surface area contributed by atoms with E-state index in [1.807, 2.05) is 13.8 Å². The summed E-state index contributed by atoms with van der Waals surface area (Å²) in [5, 5.41) is -0.0127. The first-order chi connectivity index (χ1) is 8.80. The topological polar surface area (TPSA) is 68.3 Å². The van der Waals surface area contributed by atoms with Crippen LogP contribution in [0.5, 0.6) is 0 Å². The second-order valence-corrected chi connectivity index (χ2v) is 7.25. The van der Waals surface area contributed by atoms with Crippen molar-refractivity contribution in [3.8, 4) is 0 Å². The molecule has 7 heteroatoms. The lowest BCUT2D eigenvalue weighted by atomic mass is 9.95. The van der Waals surface area contributed by atoms with Gasteiger partial charge in [0.25, 0.3) is 0 Å². The summed E-state index contributed by atoms with van der Waals surface area (Å²) >= 11 is 5.83. The maximum atomic E-state index is 12.3. The lowest BCUT2D eigenvalue weighted by Gasteiger charge is -2.35. The quantitative estimate of drug-likeness (QED) is 0.867. The van der Waals surface area contributed by atoms with Crippen molar-refractivity contribution in [1.82, 2.24) is 9.71 Å². The summed E-state index contributed by atoms with van der Waals surface area (Å²) in [6.45, 7) is 4.44. The predicted octanol–water partition coefficient (Wildman–Crippen LogP) is 1.97. The highest BCUT2D eigenvalue weighted by Crippen LogP contribution is 2.26. The Hall–Kier alpha value is -0.690. The first kappa shape index (κ1) is 14.7. The van der Waals surface area contributed by atoms with Crippen LogP contribution in [0.15, 0.2) is 23.2 Å². The molecule has 0 radical (unpaired) electrons. The minimum atomic E-state index is -3.64. The van der Waals surface area contributed by atoms with Crippen LogP contribution in [0.4, 0.5) is 0 Å². The first-order valence-corrected chi connectivity index (χ1v) is 7.93. The summed E-state index contributed by atoms with van der Waals surface area (Å²) < 4.78 is 32.8. The minimum Gasteiger partial charge on any atom is -0.375 e. The van der Waals surface area contributed by atoms with Gasteiger partial charge >= 0.3 is 0 Å². The first-order valence-electron chi connectivity index (χ1n) is 6.07. The number of hydrogen-bond acceptors (Lipinski definition) is 4. The van der Waals surface area contributed by atoms with Gasteiger partial charge in [0.2, 0.25) is 10.0 Å². The highest BCUT2D eigenvalue weighted by atomic mass is 35.5. The van der Waals surface area contributed by atoms with Crippen molar-refractivity contribution in [2.75, 3.05) is 6.61 Å². The van der Waals surface area contributed by atoms with Crippen LogP contribution in [-0.2, 0) is 14.8 Å². The van der Waals surface area contributed by atoms with Crippen LogP contribution >= 0.6 is 11.6 Å². The van der Waals surface area contributed by atoms with Gasteiger partial charge in [-0.3, -0.25) is 0 Å². The molecule has 19 heavy (non-hydrogen) atoms. The fraction of sp³-hybridized carbons (Fsp3) is 0.583. The lowest BCUT2D eigenvalue weighted by Crippen LogP contribution is -2.45. The van der Waals surface area contributed by atoms with Crippen molar-refractivity contribution in [3.63, 3.8) is 0 Å². The fourth-order valence-corrected chi connectivity index (χ4v) is 3.91. The van der Waals surface area contributed by atoms with E-state index >= 15 is 0 Å². The van der Waals surface area contributed by atoms with Crippen molar-refractivity contribution >= 4 is 21.6 Å². The average molecular weight is 305 g/mol. The van der Waals surface area contributed by atoms with Gasteiger partial charge in [0, 0.05) is 18.8 Å². The molecule has 1 aromatic heterocycles. The lowest BCUT2D eigenvalue weighted by molar-refractivity contribution is -0.0599. The zero-order chi connectivity index (χ0) is 14.1. The maximum absolute atomic E-state index is 12.3. The minimum absolute atomic E-state index is 0.0127. The number of halogens is 1. The highest BCUT2D eigenvalue weighted by molar-refractivity contribution is 7.89. The monoisotopic (exact) mass is 304 g/mol. The molecular weight excluding hydrogens is 288 g/mol. The number of aromatic nitrogens is 1. The summed E-state index contributed by atoms with van der Waals surface area (Å²) in [6.07, 6.45) is 2.74. The maximum Gasteiger partial charge on any atom is 0.243 e. The summed E-state index contributed by atoms with van der Waals surface area (Å²) in [5.41, 5.74) is -0.315. The van der Waals surface area contributed by atoms with E-state index in [1.165, 1.54) is 12.3 Å². The molecule has 106 valence electrons. The summed E-state index contributed by atoms with van der Waals surface area (Å²) in [6, 6.07) is 2.85. The van der Waals surface area contributed by atoms with E-state index < -0.39 is 10.0 Å². The molecule has 0 bridgehead atoms. The smallest absolute Gasteiger partial charge is 0.243 e. The van der Waals surface area contributed by atoms with Gasteiger partial charge in [0.15, 0.2) is 0 Å². The number of sulfonamides is 1. The van der Waals surface area contributed by atoms with Gasteiger partial charge < -0.3 is 4.74 Å². The van der Waals surface area contributed by atoms with Crippen molar-refractivity contribution in [3.05, 3.63) is 23.5 Å². The fourth-order valence-electron chi connectivity index (χ4n) is 2.19. The van der Waals surface area contributed by atoms with Crippen molar-refractivity contribution in [2.24, 2.45) is 0 Å². The molecule has 1 fully saturated rings. The van der Waals surface area contributed by atoms with Gasteiger partial charge in [-0.25, -0.2) is 18.1 Å². The molecule has 1 aliphatic heterocycles. The Balaban J connectivity index is 2.16. The largest absolute Gasteiger partial charge is 0.375 e. The standard InChI is InChI=1S/C12H17ClN2O3S/c1-12(2)8-9(5-7-18-12)15-19(16,17)10-4-3-6-14-11(10)13/h3-4,6,9,15H,5,7-8H2,1-2H3. The molecule has 1 atom stereocenters. The Morgan fingerprint density at radius 2 is 2.26 bits per heavy atom. The zero-order valence-corrected chi connectivity index (χ0v) is 12.5. The second kappa shape index (κ2) is 5.36. The van der Waals surface area contributed by atoms with Crippen LogP contribution in [0.2, 0.25) is 5.15 Å². The number of nitrogens with zero attached hydrogens (tertiary/aromatic N) is 1. The van der Waals surface area contributed by atoms with Crippen molar-refractivity contribution in [1.29, 1.82) is 0 Å². The van der Waals surface area contributed by atoms with Gasteiger partial charge in [-0.1, -0.05) is 11.6 Å². The van der Waals surface area contributed by atoms with Crippen LogP contribution in [0.3, 0.4) is 0 Å². The van der Waals surface area contributed by atoms with E-state index in [-0.39, 0.29) is 21.7 Å². The molecule has 0 amide bonds. The predicted molar refractivity (Wildman–Crippen MR) is 72.6 cm³/mol. The van der Waals surface area contributed by atoms with E-state index in [4.69, 9.17) is 16.3 Å². The van der Waals surface area contributed by atoms with E-state index in [2.05, 4.69) is 9.71 Å². The van der Waals surface area contributed by atoms with Crippen molar-refractivity contribution < 1.29 is 13.2 Å². The normalized spacial score (nSPS) is 23.2. The number of rotatable bonds is 3. The molecule has 0 spiro atoms. The third-order valence-electron chi connectivity index (χ3n) is 3.03. The van der Waals surface area contributed by atoms with Gasteiger partial charge in [0.1, 0.15) is 10.0 Å². The molecule has 0 aliphatic carbocycles. The third kappa shape index (κ3) is 3.66. The van der Waals surface area contributed by atoms with E-state index in [0.717, 1.165) is 0 Å². The molecule has 1 saturated heterocycles. The van der Waals surface area contributed by atoms with Crippen LogP contribution in [-0.4, -0.2) is 31.7 Å². The third-order valence-corrected chi connectivity index (χ3v) is 5.00. The highest BCUT2D eigenvalue weighted by Gasteiger charge is 2.32. The molecular formula is C12H17ClN2O3S. The molecule has 1 N–H and O–H groups in total. The number of nitrogens with one attached hydrogen (secondary N) is 1. The van der Waals surface area contributed by atoms with Crippen LogP contribution < -0.4 is 4.72 Å². The summed E-state index contributed by atoms with van der Waals surface area (Å²) in [4.78, 5) is 3.80. The molecule has 2 heterocycles. The molecule has 0 aromatic carbocycles. The number of pyridine rings is 1. The SMILES string of the molecule is CC1(C)CC(NS(=O)(=O)c2cccnc2Cl)CCO1. The molecule has 1 aliphatic rings. The summed E-state index contributed by atoms with van der Waals surface area (Å²) in [5.74, 6) is 0. The van der Waals surface area contributed by atoms with Gasteiger partial charge in [-0.05, 0) is 38.8 Å². The van der Waals surface area contributed by atoms with Gasteiger partial charge in [-0.2, -0.15) is 0 Å². The van der Waals surface area contributed by atoms with Crippen molar-refractivity contribution in [2.45, 2.75) is 43.2 Å². The number of hydrogen-bond donors (Lipinski definition) is 1. The Morgan fingerprint density at radius 3 is 2.89 bits per heavy atom. The van der Waals surface area contributed by atoms with Crippen LogP contribution in [0.1, 0.15) is 26.7 Å². The molecule has 1 aromatic rings. The zero-order valence-electron chi connectivity index (χ0n) is 10.9. The molecule has 1 unspecified atom stereocenters. The van der Waals surface area contributed by atoms with Gasteiger partial charge in [0.05, 0.1) is 5.60 Å². The number of ether oxygens (including phenoxy) is 1. The second-order valence-electron chi connectivity index (χ2n) is 5.21. The molecule has 0 saturated carbocycles. The Morgan fingerprint density at radius 1 is 1.53 bits per heavy atom. The Labute approximate surface area is 118 Å². The van der Waals surface area contributed by atoms with E-state index in [0.29, 0.717) is 19.4 Å². The Bertz CT molecular complexity index is 560. The van der Waals surface area contributed by atoms with Crippen LogP contribution in [0.25, 0.3) is 0 Å².